The highest BCUT2D eigenvalue weighted by Crippen LogP contribution is 2.29. The van der Waals surface area contributed by atoms with Crippen LogP contribution in [0.5, 0.6) is 5.75 Å². The van der Waals surface area contributed by atoms with Gasteiger partial charge in [0.2, 0.25) is 0 Å². The van der Waals surface area contributed by atoms with E-state index in [4.69, 9.17) is 4.74 Å². The summed E-state index contributed by atoms with van der Waals surface area (Å²) in [6.45, 7) is 3.88. The van der Waals surface area contributed by atoms with E-state index >= 15 is 0 Å². The van der Waals surface area contributed by atoms with Crippen molar-refractivity contribution in [1.29, 1.82) is 0 Å². The maximum Gasteiger partial charge on any atom is 0.172 e. The van der Waals surface area contributed by atoms with Crippen molar-refractivity contribution in [2.75, 3.05) is 7.11 Å². The zero-order valence-corrected chi connectivity index (χ0v) is 11.5. The zero-order chi connectivity index (χ0) is 13.9. The van der Waals surface area contributed by atoms with Gasteiger partial charge in [0.05, 0.1) is 12.5 Å². The molecule has 2 heteroatoms. The van der Waals surface area contributed by atoms with Gasteiger partial charge in [0.25, 0.3) is 0 Å². The van der Waals surface area contributed by atoms with Gasteiger partial charge >= 0.3 is 0 Å². The molecule has 0 amide bonds. The quantitative estimate of drug-likeness (QED) is 0.774. The molecule has 0 aliphatic heterocycles. The summed E-state index contributed by atoms with van der Waals surface area (Å²) in [4.78, 5) is 12.6. The second kappa shape index (κ2) is 5.27. The largest absolute Gasteiger partial charge is 0.497 e. The van der Waals surface area contributed by atoms with E-state index in [1.54, 1.807) is 7.11 Å². The lowest BCUT2D eigenvalue weighted by Crippen LogP contribution is -2.29. The predicted molar refractivity (Wildman–Crippen MR) is 76.8 cm³/mol. The third-order valence-corrected chi connectivity index (χ3v) is 3.40. The normalized spacial score (nSPS) is 11.1. The summed E-state index contributed by atoms with van der Waals surface area (Å²) in [6, 6.07) is 17.1. The highest BCUT2D eigenvalue weighted by molar-refractivity contribution is 6.03. The average Bonchev–Trinajstić information content (AvgIpc) is 2.47. The fourth-order valence-electron chi connectivity index (χ4n) is 2.09. The summed E-state index contributed by atoms with van der Waals surface area (Å²) in [5.41, 5.74) is 1.12. The molecule has 98 valence electrons. The third-order valence-electron chi connectivity index (χ3n) is 3.40. The van der Waals surface area contributed by atoms with Crippen molar-refractivity contribution in [3.05, 3.63) is 65.7 Å². The fraction of sp³-hybridized carbons (Fsp3) is 0.235. The van der Waals surface area contributed by atoms with Crippen molar-refractivity contribution < 1.29 is 9.53 Å². The molecule has 0 aliphatic rings. The summed E-state index contributed by atoms with van der Waals surface area (Å²) < 4.78 is 5.22. The SMILES string of the molecule is COc1cccc(C(C)(C)C(=O)c2ccccc2)c1. The van der Waals surface area contributed by atoms with E-state index in [0.717, 1.165) is 16.9 Å². The minimum absolute atomic E-state index is 0.112. The Morgan fingerprint density at radius 1 is 1.00 bits per heavy atom. The first-order valence-electron chi connectivity index (χ1n) is 6.30. The van der Waals surface area contributed by atoms with Crippen molar-refractivity contribution in [2.45, 2.75) is 19.3 Å². The first-order chi connectivity index (χ1) is 9.05. The standard InChI is InChI=1S/C17H18O2/c1-17(2,14-10-7-11-15(12-14)19-3)16(18)13-8-5-4-6-9-13/h4-12H,1-3H3. The number of hydrogen-bond acceptors (Lipinski definition) is 2. The minimum atomic E-state index is -0.574. The van der Waals surface area contributed by atoms with Crippen LogP contribution in [0.3, 0.4) is 0 Å². The van der Waals surface area contributed by atoms with E-state index in [-0.39, 0.29) is 5.78 Å². The molecule has 2 aromatic carbocycles. The number of rotatable bonds is 4. The molecule has 0 saturated heterocycles. The van der Waals surface area contributed by atoms with Gasteiger partial charge < -0.3 is 4.74 Å². The Kier molecular flexibility index (Phi) is 3.70. The summed E-state index contributed by atoms with van der Waals surface area (Å²) in [6.07, 6.45) is 0. The summed E-state index contributed by atoms with van der Waals surface area (Å²) in [7, 11) is 1.63. The van der Waals surface area contributed by atoms with Crippen LogP contribution in [0.2, 0.25) is 0 Å². The Bertz CT molecular complexity index is 571. The smallest absolute Gasteiger partial charge is 0.172 e. The molecule has 0 atom stereocenters. The molecule has 0 fully saturated rings. The number of carbonyl (C=O) groups excluding carboxylic acids is 1. The average molecular weight is 254 g/mol. The molecule has 0 saturated carbocycles. The van der Waals surface area contributed by atoms with Crippen LogP contribution in [0.15, 0.2) is 54.6 Å². The second-order valence-corrected chi connectivity index (χ2v) is 5.05. The molecule has 0 unspecified atom stereocenters. The molecule has 0 N–H and O–H groups in total. The molecule has 0 heterocycles. The van der Waals surface area contributed by atoms with Gasteiger partial charge in [-0.15, -0.1) is 0 Å². The van der Waals surface area contributed by atoms with Gasteiger partial charge in [0.1, 0.15) is 5.75 Å². The van der Waals surface area contributed by atoms with Crippen LogP contribution >= 0.6 is 0 Å². The predicted octanol–water partition coefficient (Wildman–Crippen LogP) is 3.86. The lowest BCUT2D eigenvalue weighted by Gasteiger charge is -2.24. The molecule has 0 aliphatic carbocycles. The summed E-state index contributed by atoms with van der Waals surface area (Å²) in [5.74, 6) is 0.882. The maximum absolute atomic E-state index is 12.6. The number of ketones is 1. The van der Waals surface area contributed by atoms with Crippen molar-refractivity contribution in [3.8, 4) is 5.75 Å². The van der Waals surface area contributed by atoms with Crippen LogP contribution in [0.1, 0.15) is 29.8 Å². The zero-order valence-electron chi connectivity index (χ0n) is 11.5. The second-order valence-electron chi connectivity index (χ2n) is 5.05. The van der Waals surface area contributed by atoms with Crippen LogP contribution in [-0.4, -0.2) is 12.9 Å². The van der Waals surface area contributed by atoms with Gasteiger partial charge in [0.15, 0.2) is 5.78 Å². The number of hydrogen-bond donors (Lipinski definition) is 0. The van der Waals surface area contributed by atoms with E-state index in [1.165, 1.54) is 0 Å². The monoisotopic (exact) mass is 254 g/mol. The van der Waals surface area contributed by atoms with E-state index in [9.17, 15) is 4.79 Å². The molecular formula is C17H18O2. The Hall–Kier alpha value is -2.09. The minimum Gasteiger partial charge on any atom is -0.497 e. The van der Waals surface area contributed by atoms with Gasteiger partial charge in [-0.1, -0.05) is 42.5 Å². The molecule has 2 aromatic rings. The topological polar surface area (TPSA) is 26.3 Å². The molecule has 19 heavy (non-hydrogen) atoms. The summed E-state index contributed by atoms with van der Waals surface area (Å²) in [5, 5.41) is 0. The van der Waals surface area contributed by atoms with Crippen molar-refractivity contribution in [3.63, 3.8) is 0 Å². The number of methoxy groups -OCH3 is 1. The highest BCUT2D eigenvalue weighted by Gasteiger charge is 2.30. The maximum atomic E-state index is 12.6. The molecule has 0 spiro atoms. The molecule has 0 aromatic heterocycles. The lowest BCUT2D eigenvalue weighted by atomic mass is 9.78. The Morgan fingerprint density at radius 3 is 2.32 bits per heavy atom. The van der Waals surface area contributed by atoms with Gasteiger partial charge in [-0.3, -0.25) is 4.79 Å². The van der Waals surface area contributed by atoms with Crippen molar-refractivity contribution >= 4 is 5.78 Å². The Labute approximate surface area is 114 Å². The van der Waals surface area contributed by atoms with Crippen LogP contribution in [0.4, 0.5) is 0 Å². The van der Waals surface area contributed by atoms with Gasteiger partial charge in [-0.2, -0.15) is 0 Å². The first kappa shape index (κ1) is 13.3. The van der Waals surface area contributed by atoms with E-state index in [2.05, 4.69) is 0 Å². The van der Waals surface area contributed by atoms with Crippen molar-refractivity contribution in [1.82, 2.24) is 0 Å². The first-order valence-corrected chi connectivity index (χ1v) is 6.30. The van der Waals surface area contributed by atoms with Gasteiger partial charge in [0, 0.05) is 5.56 Å². The van der Waals surface area contributed by atoms with Gasteiger partial charge in [-0.05, 0) is 31.5 Å². The fourth-order valence-corrected chi connectivity index (χ4v) is 2.09. The van der Waals surface area contributed by atoms with E-state index in [1.807, 2.05) is 68.4 Å². The number of carbonyl (C=O) groups is 1. The number of Topliss-reactive ketones (excluding diaryl/α,β-unsaturated/α-hetero) is 1. The Morgan fingerprint density at radius 2 is 1.68 bits per heavy atom. The number of benzene rings is 2. The summed E-state index contributed by atoms with van der Waals surface area (Å²) >= 11 is 0. The molecule has 0 bridgehead atoms. The van der Waals surface area contributed by atoms with Crippen LogP contribution in [0.25, 0.3) is 0 Å². The Balaban J connectivity index is 2.38. The van der Waals surface area contributed by atoms with Crippen LogP contribution in [-0.2, 0) is 5.41 Å². The van der Waals surface area contributed by atoms with E-state index in [0.29, 0.717) is 0 Å². The van der Waals surface area contributed by atoms with Crippen LogP contribution in [0, 0.1) is 0 Å². The molecule has 2 rings (SSSR count). The molecular weight excluding hydrogens is 236 g/mol. The van der Waals surface area contributed by atoms with E-state index < -0.39 is 5.41 Å². The van der Waals surface area contributed by atoms with Crippen molar-refractivity contribution in [2.24, 2.45) is 0 Å². The molecule has 0 radical (unpaired) electrons. The number of ether oxygens (including phenoxy) is 1. The van der Waals surface area contributed by atoms with Crippen LogP contribution < -0.4 is 4.74 Å². The highest BCUT2D eigenvalue weighted by atomic mass is 16.5. The molecule has 2 nitrogen and oxygen atoms in total. The van der Waals surface area contributed by atoms with Gasteiger partial charge in [-0.25, -0.2) is 0 Å². The third kappa shape index (κ3) is 2.68. The lowest BCUT2D eigenvalue weighted by molar-refractivity contribution is 0.0908.